The van der Waals surface area contributed by atoms with E-state index in [2.05, 4.69) is 39.8 Å². The molecule has 0 radical (unpaired) electrons. The van der Waals surface area contributed by atoms with Gasteiger partial charge in [0, 0.05) is 24.2 Å². The standard InChI is InChI=1S/C14H17N5S/c1-10(2)19-11(3)16-17-14(19)20-9-12-8-18-7-5-4-6-13(18)15-12/h4-8,10H,9H2,1-3H3. The molecule has 0 unspecified atom stereocenters. The summed E-state index contributed by atoms with van der Waals surface area (Å²) in [5, 5.41) is 9.36. The number of nitrogens with zero attached hydrogens (tertiary/aromatic N) is 5. The summed E-state index contributed by atoms with van der Waals surface area (Å²) in [4.78, 5) is 4.59. The average Bonchev–Trinajstić information content (AvgIpc) is 2.99. The van der Waals surface area contributed by atoms with Gasteiger partial charge in [0.1, 0.15) is 11.5 Å². The van der Waals surface area contributed by atoms with Crippen molar-refractivity contribution in [3.63, 3.8) is 0 Å². The molecular weight excluding hydrogens is 270 g/mol. The molecule has 0 atom stereocenters. The number of fused-ring (bicyclic) bond motifs is 1. The summed E-state index contributed by atoms with van der Waals surface area (Å²) in [6, 6.07) is 6.38. The molecule has 0 aliphatic carbocycles. The van der Waals surface area contributed by atoms with Crippen LogP contribution in [0.5, 0.6) is 0 Å². The van der Waals surface area contributed by atoms with Gasteiger partial charge in [0.2, 0.25) is 0 Å². The highest BCUT2D eigenvalue weighted by Gasteiger charge is 2.12. The van der Waals surface area contributed by atoms with Crippen molar-refractivity contribution < 1.29 is 0 Å². The molecule has 0 aliphatic heterocycles. The van der Waals surface area contributed by atoms with Gasteiger partial charge in [0.05, 0.1) is 5.69 Å². The fourth-order valence-electron chi connectivity index (χ4n) is 2.24. The molecule has 104 valence electrons. The SMILES string of the molecule is Cc1nnc(SCc2cn3ccccc3n2)n1C(C)C. The van der Waals surface area contributed by atoms with Gasteiger partial charge in [-0.05, 0) is 32.9 Å². The third kappa shape index (κ3) is 2.43. The van der Waals surface area contributed by atoms with Gasteiger partial charge in [-0.15, -0.1) is 10.2 Å². The van der Waals surface area contributed by atoms with Gasteiger partial charge in [-0.25, -0.2) is 4.98 Å². The van der Waals surface area contributed by atoms with Crippen LogP contribution in [0.4, 0.5) is 0 Å². The van der Waals surface area contributed by atoms with Crippen molar-refractivity contribution >= 4 is 17.4 Å². The molecule has 6 heteroatoms. The lowest BCUT2D eigenvalue weighted by molar-refractivity contribution is 0.536. The first-order valence-corrected chi connectivity index (χ1v) is 7.60. The lowest BCUT2D eigenvalue weighted by atomic mass is 10.4. The maximum absolute atomic E-state index is 4.59. The summed E-state index contributed by atoms with van der Waals surface area (Å²) >= 11 is 1.68. The Hall–Kier alpha value is -1.82. The minimum absolute atomic E-state index is 0.369. The number of thioether (sulfide) groups is 1. The fraction of sp³-hybridized carbons (Fsp3) is 0.357. The molecule has 0 saturated heterocycles. The van der Waals surface area contributed by atoms with Crippen LogP contribution >= 0.6 is 11.8 Å². The molecule has 0 fully saturated rings. The highest BCUT2D eigenvalue weighted by molar-refractivity contribution is 7.98. The molecule has 0 aromatic carbocycles. The zero-order chi connectivity index (χ0) is 14.1. The van der Waals surface area contributed by atoms with E-state index in [1.807, 2.05) is 35.7 Å². The monoisotopic (exact) mass is 287 g/mol. The molecule has 3 aromatic heterocycles. The van der Waals surface area contributed by atoms with Crippen molar-refractivity contribution in [1.29, 1.82) is 0 Å². The molecule has 0 aliphatic rings. The van der Waals surface area contributed by atoms with Gasteiger partial charge >= 0.3 is 0 Å². The second kappa shape index (κ2) is 5.28. The number of hydrogen-bond acceptors (Lipinski definition) is 4. The zero-order valence-corrected chi connectivity index (χ0v) is 12.6. The van der Waals surface area contributed by atoms with Crippen LogP contribution in [0.15, 0.2) is 35.7 Å². The Morgan fingerprint density at radius 2 is 2.10 bits per heavy atom. The van der Waals surface area contributed by atoms with Gasteiger partial charge < -0.3 is 8.97 Å². The number of imidazole rings is 1. The van der Waals surface area contributed by atoms with E-state index in [-0.39, 0.29) is 0 Å². The second-order valence-corrected chi connectivity index (χ2v) is 5.92. The first kappa shape index (κ1) is 13.2. The van der Waals surface area contributed by atoms with Crippen LogP contribution in [-0.2, 0) is 5.75 Å². The molecule has 0 spiro atoms. The summed E-state index contributed by atoms with van der Waals surface area (Å²) in [6.07, 6.45) is 4.07. The number of rotatable bonds is 4. The predicted octanol–water partition coefficient (Wildman–Crippen LogP) is 3.11. The Morgan fingerprint density at radius 3 is 2.85 bits per heavy atom. The van der Waals surface area contributed by atoms with E-state index in [0.29, 0.717) is 6.04 Å². The molecule has 0 saturated carbocycles. The highest BCUT2D eigenvalue weighted by Crippen LogP contribution is 2.24. The van der Waals surface area contributed by atoms with Gasteiger partial charge in [0.15, 0.2) is 5.16 Å². The molecule has 20 heavy (non-hydrogen) atoms. The Kier molecular flexibility index (Phi) is 3.48. The predicted molar refractivity (Wildman–Crippen MR) is 79.9 cm³/mol. The van der Waals surface area contributed by atoms with Crippen molar-refractivity contribution in [2.24, 2.45) is 0 Å². The van der Waals surface area contributed by atoms with Gasteiger partial charge in [-0.3, -0.25) is 0 Å². The molecule has 3 heterocycles. The van der Waals surface area contributed by atoms with Crippen LogP contribution in [0, 0.1) is 6.92 Å². The van der Waals surface area contributed by atoms with Crippen molar-refractivity contribution in [1.82, 2.24) is 24.1 Å². The van der Waals surface area contributed by atoms with Crippen molar-refractivity contribution in [3.8, 4) is 0 Å². The fourth-order valence-corrected chi connectivity index (χ4v) is 3.23. The summed E-state index contributed by atoms with van der Waals surface area (Å²) < 4.78 is 4.19. The summed E-state index contributed by atoms with van der Waals surface area (Å²) in [5.41, 5.74) is 2.03. The lowest BCUT2D eigenvalue weighted by Crippen LogP contribution is -2.04. The molecule has 0 amide bonds. The maximum Gasteiger partial charge on any atom is 0.191 e. The van der Waals surface area contributed by atoms with Gasteiger partial charge in [-0.1, -0.05) is 17.8 Å². The summed E-state index contributed by atoms with van der Waals surface area (Å²) in [5.74, 6) is 1.75. The minimum Gasteiger partial charge on any atom is -0.307 e. The van der Waals surface area contributed by atoms with E-state index in [1.54, 1.807) is 11.8 Å². The van der Waals surface area contributed by atoms with Crippen LogP contribution in [-0.4, -0.2) is 24.1 Å². The number of aryl methyl sites for hydroxylation is 1. The van der Waals surface area contributed by atoms with Crippen molar-refractivity contribution in [2.45, 2.75) is 37.7 Å². The molecule has 3 rings (SSSR count). The quantitative estimate of drug-likeness (QED) is 0.692. The molecule has 5 nitrogen and oxygen atoms in total. The average molecular weight is 287 g/mol. The van der Waals surface area contributed by atoms with E-state index in [9.17, 15) is 0 Å². The number of hydrogen-bond donors (Lipinski definition) is 0. The number of pyridine rings is 1. The van der Waals surface area contributed by atoms with E-state index < -0.39 is 0 Å². The number of aromatic nitrogens is 5. The molecule has 0 N–H and O–H groups in total. The minimum atomic E-state index is 0.369. The third-order valence-corrected chi connectivity index (χ3v) is 4.09. The Labute approximate surface area is 122 Å². The Morgan fingerprint density at radius 1 is 1.25 bits per heavy atom. The maximum atomic E-state index is 4.59. The first-order valence-electron chi connectivity index (χ1n) is 6.62. The summed E-state index contributed by atoms with van der Waals surface area (Å²) in [6.45, 7) is 6.28. The summed E-state index contributed by atoms with van der Waals surface area (Å²) in [7, 11) is 0. The van der Waals surface area contributed by atoms with E-state index in [0.717, 1.165) is 28.1 Å². The van der Waals surface area contributed by atoms with E-state index in [4.69, 9.17) is 0 Å². The van der Waals surface area contributed by atoms with E-state index >= 15 is 0 Å². The first-order chi connectivity index (χ1) is 9.65. The third-order valence-electron chi connectivity index (χ3n) is 3.11. The lowest BCUT2D eigenvalue weighted by Gasteiger charge is -2.11. The van der Waals surface area contributed by atoms with Crippen LogP contribution in [0.2, 0.25) is 0 Å². The topological polar surface area (TPSA) is 48.0 Å². The largest absolute Gasteiger partial charge is 0.307 e. The van der Waals surface area contributed by atoms with Crippen LogP contribution in [0.25, 0.3) is 5.65 Å². The zero-order valence-electron chi connectivity index (χ0n) is 11.8. The molecular formula is C14H17N5S. The second-order valence-electron chi connectivity index (χ2n) is 4.98. The van der Waals surface area contributed by atoms with Gasteiger partial charge in [-0.2, -0.15) is 0 Å². The van der Waals surface area contributed by atoms with Crippen LogP contribution < -0.4 is 0 Å². The van der Waals surface area contributed by atoms with Gasteiger partial charge in [0.25, 0.3) is 0 Å². The van der Waals surface area contributed by atoms with Crippen molar-refractivity contribution in [2.75, 3.05) is 0 Å². The highest BCUT2D eigenvalue weighted by atomic mass is 32.2. The molecule has 3 aromatic rings. The van der Waals surface area contributed by atoms with Crippen LogP contribution in [0.3, 0.4) is 0 Å². The van der Waals surface area contributed by atoms with Crippen LogP contribution in [0.1, 0.15) is 31.4 Å². The Balaban J connectivity index is 1.79. The normalized spacial score (nSPS) is 11.6. The molecule has 0 bridgehead atoms. The van der Waals surface area contributed by atoms with E-state index in [1.165, 1.54) is 0 Å². The van der Waals surface area contributed by atoms with Crippen molar-refractivity contribution in [3.05, 3.63) is 42.1 Å². The Bertz CT molecular complexity index is 695. The smallest absolute Gasteiger partial charge is 0.191 e.